The molecule has 3 nitrogen and oxygen atoms in total. The van der Waals surface area contributed by atoms with Crippen molar-refractivity contribution < 1.29 is 4.74 Å². The van der Waals surface area contributed by atoms with Crippen LogP contribution in [0.4, 0.5) is 0 Å². The van der Waals surface area contributed by atoms with Gasteiger partial charge in [-0.15, -0.1) is 0 Å². The van der Waals surface area contributed by atoms with Crippen LogP contribution in [0.3, 0.4) is 0 Å². The monoisotopic (exact) mass is 274 g/mol. The van der Waals surface area contributed by atoms with Gasteiger partial charge >= 0.3 is 0 Å². The minimum absolute atomic E-state index is 0.0668. The van der Waals surface area contributed by atoms with Gasteiger partial charge in [-0.2, -0.15) is 0 Å². The van der Waals surface area contributed by atoms with Gasteiger partial charge in [-0.1, -0.05) is 23.7 Å². The molecule has 2 aromatic rings. The number of ether oxygens (including phenoxy) is 1. The fourth-order valence-corrected chi connectivity index (χ4v) is 1.91. The van der Waals surface area contributed by atoms with Gasteiger partial charge < -0.3 is 10.5 Å². The maximum atomic E-state index is 7.57. The Labute approximate surface area is 117 Å². The molecule has 0 aliphatic heterocycles. The standard InChI is InChI=1S/C15H15ClN2O/c1-9-3-4-10(2)14(7-9)19-13-6-5-11(16)8-12(13)15(17)18/h3-8H,1-2H3,(H3,17,18). The van der Waals surface area contributed by atoms with E-state index in [9.17, 15) is 0 Å². The van der Waals surface area contributed by atoms with Crippen molar-refractivity contribution >= 4 is 17.4 Å². The number of rotatable bonds is 3. The zero-order chi connectivity index (χ0) is 14.0. The predicted molar refractivity (Wildman–Crippen MR) is 78.5 cm³/mol. The molecule has 2 rings (SSSR count). The summed E-state index contributed by atoms with van der Waals surface area (Å²) in [6.07, 6.45) is 0. The van der Waals surface area contributed by atoms with E-state index < -0.39 is 0 Å². The van der Waals surface area contributed by atoms with Gasteiger partial charge in [-0.3, -0.25) is 5.41 Å². The number of benzene rings is 2. The van der Waals surface area contributed by atoms with Gasteiger partial charge in [0.2, 0.25) is 0 Å². The van der Waals surface area contributed by atoms with Crippen molar-refractivity contribution in [2.45, 2.75) is 13.8 Å². The van der Waals surface area contributed by atoms with E-state index in [0.29, 0.717) is 16.3 Å². The molecule has 0 fully saturated rings. The second kappa shape index (κ2) is 5.33. The summed E-state index contributed by atoms with van der Waals surface area (Å²) < 4.78 is 5.86. The first-order chi connectivity index (χ1) is 8.97. The van der Waals surface area contributed by atoms with Crippen molar-refractivity contribution in [3.8, 4) is 11.5 Å². The summed E-state index contributed by atoms with van der Waals surface area (Å²) >= 11 is 5.91. The Morgan fingerprint density at radius 3 is 2.53 bits per heavy atom. The summed E-state index contributed by atoms with van der Waals surface area (Å²) in [6, 6.07) is 11.0. The zero-order valence-corrected chi connectivity index (χ0v) is 11.6. The number of hydrogen-bond acceptors (Lipinski definition) is 2. The molecule has 3 N–H and O–H groups in total. The van der Waals surface area contributed by atoms with Crippen LogP contribution in [0.1, 0.15) is 16.7 Å². The lowest BCUT2D eigenvalue weighted by atomic mass is 10.1. The summed E-state index contributed by atoms with van der Waals surface area (Å²) in [6.45, 7) is 3.97. The second-order valence-electron chi connectivity index (χ2n) is 4.43. The van der Waals surface area contributed by atoms with Crippen LogP contribution < -0.4 is 10.5 Å². The smallest absolute Gasteiger partial charge is 0.138 e. The molecule has 0 saturated carbocycles. The fourth-order valence-electron chi connectivity index (χ4n) is 1.74. The third-order valence-electron chi connectivity index (χ3n) is 2.80. The lowest BCUT2D eigenvalue weighted by Crippen LogP contribution is -2.12. The molecule has 0 aromatic heterocycles. The first kappa shape index (κ1) is 13.4. The zero-order valence-electron chi connectivity index (χ0n) is 10.8. The molecule has 0 atom stereocenters. The lowest BCUT2D eigenvalue weighted by molar-refractivity contribution is 0.477. The number of hydrogen-bond donors (Lipinski definition) is 2. The van der Waals surface area contributed by atoms with Gasteiger partial charge in [0.1, 0.15) is 17.3 Å². The van der Waals surface area contributed by atoms with E-state index in [2.05, 4.69) is 0 Å². The van der Waals surface area contributed by atoms with Crippen molar-refractivity contribution in [1.29, 1.82) is 5.41 Å². The molecule has 0 amide bonds. The molecule has 0 unspecified atom stereocenters. The average Bonchev–Trinajstić information content (AvgIpc) is 2.35. The van der Waals surface area contributed by atoms with Gasteiger partial charge in [-0.25, -0.2) is 0 Å². The molecular weight excluding hydrogens is 260 g/mol. The molecule has 4 heteroatoms. The first-order valence-corrected chi connectivity index (χ1v) is 6.24. The molecular formula is C15H15ClN2O. The SMILES string of the molecule is Cc1ccc(C)c(Oc2ccc(Cl)cc2C(=N)N)c1. The van der Waals surface area contributed by atoms with E-state index >= 15 is 0 Å². The highest BCUT2D eigenvalue weighted by molar-refractivity contribution is 6.31. The van der Waals surface area contributed by atoms with Crippen LogP contribution in [0.15, 0.2) is 36.4 Å². The largest absolute Gasteiger partial charge is 0.456 e. The highest BCUT2D eigenvalue weighted by Gasteiger charge is 2.10. The quantitative estimate of drug-likeness (QED) is 0.656. The summed E-state index contributed by atoms with van der Waals surface area (Å²) in [5, 5.41) is 8.10. The van der Waals surface area contributed by atoms with E-state index in [1.54, 1.807) is 18.2 Å². The minimum atomic E-state index is -0.0668. The molecule has 0 bridgehead atoms. The van der Waals surface area contributed by atoms with E-state index in [-0.39, 0.29) is 5.84 Å². The highest BCUT2D eigenvalue weighted by atomic mass is 35.5. The second-order valence-corrected chi connectivity index (χ2v) is 4.86. The van der Waals surface area contributed by atoms with Gasteiger partial charge in [0.15, 0.2) is 0 Å². The van der Waals surface area contributed by atoms with E-state index in [0.717, 1.165) is 16.9 Å². The molecule has 0 radical (unpaired) electrons. The van der Waals surface area contributed by atoms with Crippen molar-refractivity contribution in [2.75, 3.05) is 0 Å². The Bertz CT molecular complexity index is 638. The number of nitrogen functional groups attached to an aromatic ring is 1. The molecule has 2 aromatic carbocycles. The van der Waals surface area contributed by atoms with Crippen LogP contribution >= 0.6 is 11.6 Å². The van der Waals surface area contributed by atoms with Crippen LogP contribution in [0.25, 0.3) is 0 Å². The number of halogens is 1. The maximum absolute atomic E-state index is 7.57. The van der Waals surface area contributed by atoms with Crippen LogP contribution in [-0.4, -0.2) is 5.84 Å². The van der Waals surface area contributed by atoms with Gasteiger partial charge in [-0.05, 0) is 49.2 Å². The van der Waals surface area contributed by atoms with E-state index in [4.69, 9.17) is 27.5 Å². The summed E-state index contributed by atoms with van der Waals surface area (Å²) in [7, 11) is 0. The molecule has 0 aliphatic rings. The van der Waals surface area contributed by atoms with Crippen LogP contribution in [0.2, 0.25) is 5.02 Å². The Balaban J connectivity index is 2.43. The highest BCUT2D eigenvalue weighted by Crippen LogP contribution is 2.30. The first-order valence-electron chi connectivity index (χ1n) is 5.86. The Morgan fingerprint density at radius 2 is 1.84 bits per heavy atom. The normalized spacial score (nSPS) is 10.3. The topological polar surface area (TPSA) is 59.1 Å². The third kappa shape index (κ3) is 3.06. The summed E-state index contributed by atoms with van der Waals surface area (Å²) in [4.78, 5) is 0. The Hall–Kier alpha value is -2.00. The van der Waals surface area contributed by atoms with Crippen LogP contribution in [-0.2, 0) is 0 Å². The summed E-state index contributed by atoms with van der Waals surface area (Å²) in [5.41, 5.74) is 8.18. The average molecular weight is 275 g/mol. The van der Waals surface area contributed by atoms with Crippen LogP contribution in [0.5, 0.6) is 11.5 Å². The van der Waals surface area contributed by atoms with Crippen molar-refractivity contribution in [2.24, 2.45) is 5.73 Å². The van der Waals surface area contributed by atoms with Gasteiger partial charge in [0, 0.05) is 5.02 Å². The molecule has 0 saturated heterocycles. The predicted octanol–water partition coefficient (Wildman–Crippen LogP) is 4.03. The number of amidine groups is 1. The minimum Gasteiger partial charge on any atom is -0.456 e. The molecule has 0 heterocycles. The molecule has 0 spiro atoms. The summed E-state index contributed by atoms with van der Waals surface area (Å²) in [5.74, 6) is 1.22. The Kier molecular flexibility index (Phi) is 3.76. The van der Waals surface area contributed by atoms with Crippen molar-refractivity contribution in [3.05, 3.63) is 58.1 Å². The number of nitrogens with one attached hydrogen (secondary N) is 1. The maximum Gasteiger partial charge on any atom is 0.138 e. The number of nitrogens with two attached hydrogens (primary N) is 1. The number of aryl methyl sites for hydroxylation is 2. The van der Waals surface area contributed by atoms with Crippen molar-refractivity contribution in [3.63, 3.8) is 0 Å². The lowest BCUT2D eigenvalue weighted by Gasteiger charge is -2.13. The van der Waals surface area contributed by atoms with Gasteiger partial charge in [0.25, 0.3) is 0 Å². The van der Waals surface area contributed by atoms with E-state index in [1.807, 2.05) is 32.0 Å². The van der Waals surface area contributed by atoms with Crippen molar-refractivity contribution in [1.82, 2.24) is 0 Å². The molecule has 98 valence electrons. The molecule has 19 heavy (non-hydrogen) atoms. The van der Waals surface area contributed by atoms with Crippen LogP contribution in [0, 0.1) is 19.3 Å². The fraction of sp³-hybridized carbons (Fsp3) is 0.133. The molecule has 0 aliphatic carbocycles. The Morgan fingerprint density at radius 1 is 1.11 bits per heavy atom. The van der Waals surface area contributed by atoms with E-state index in [1.165, 1.54) is 0 Å². The third-order valence-corrected chi connectivity index (χ3v) is 3.03. The van der Waals surface area contributed by atoms with Gasteiger partial charge in [0.05, 0.1) is 5.56 Å².